The van der Waals surface area contributed by atoms with E-state index in [1.807, 2.05) is 18.2 Å². The molecule has 0 aromatic heterocycles. The second-order valence-electron chi connectivity index (χ2n) is 6.88. The van der Waals surface area contributed by atoms with Gasteiger partial charge in [0.25, 0.3) is 11.1 Å². The molecule has 0 saturated carbocycles. The average Bonchev–Trinajstić information content (AvgIpc) is 2.95. The van der Waals surface area contributed by atoms with E-state index < -0.39 is 23.7 Å². The maximum atomic E-state index is 12.5. The highest BCUT2D eigenvalue weighted by molar-refractivity contribution is 9.10. The van der Waals surface area contributed by atoms with Gasteiger partial charge in [-0.1, -0.05) is 35.9 Å². The first kappa shape index (κ1) is 23.4. The molecule has 1 heterocycles. The number of benzene rings is 2. The number of thioether (sulfide) groups is 1. The molecule has 0 N–H and O–H groups in total. The van der Waals surface area contributed by atoms with E-state index in [1.165, 1.54) is 0 Å². The molecule has 0 atom stereocenters. The van der Waals surface area contributed by atoms with Gasteiger partial charge in [-0.05, 0) is 71.4 Å². The van der Waals surface area contributed by atoms with Gasteiger partial charge in [0.15, 0.2) is 0 Å². The van der Waals surface area contributed by atoms with Gasteiger partial charge in [0.1, 0.15) is 18.9 Å². The van der Waals surface area contributed by atoms with Crippen molar-refractivity contribution in [3.05, 3.63) is 68.0 Å². The molecule has 1 aliphatic heterocycles. The summed E-state index contributed by atoms with van der Waals surface area (Å²) in [6.45, 7) is 3.30. The van der Waals surface area contributed by atoms with E-state index in [-0.39, 0.29) is 11.0 Å². The average molecular weight is 525 g/mol. The Hall–Kier alpha value is -2.29. The van der Waals surface area contributed by atoms with Gasteiger partial charge in [-0.25, -0.2) is 0 Å². The van der Waals surface area contributed by atoms with E-state index in [0.29, 0.717) is 27.4 Å². The van der Waals surface area contributed by atoms with Crippen molar-refractivity contribution in [2.45, 2.75) is 26.6 Å². The van der Waals surface area contributed by atoms with Crippen LogP contribution in [-0.4, -0.2) is 34.7 Å². The Bertz CT molecular complexity index is 1060. The number of carbonyl (C=O) groups excluding carboxylic acids is 3. The van der Waals surface area contributed by atoms with Crippen LogP contribution in [0, 0.1) is 0 Å². The van der Waals surface area contributed by atoms with E-state index in [1.54, 1.807) is 44.2 Å². The fourth-order valence-corrected chi connectivity index (χ4v) is 4.25. The molecule has 2 aromatic rings. The molecule has 0 unspecified atom stereocenters. The van der Waals surface area contributed by atoms with Gasteiger partial charge >= 0.3 is 5.97 Å². The van der Waals surface area contributed by atoms with Crippen LogP contribution in [0.15, 0.2) is 51.8 Å². The van der Waals surface area contributed by atoms with Crippen molar-refractivity contribution in [1.29, 1.82) is 0 Å². The maximum absolute atomic E-state index is 12.5. The number of esters is 1. The van der Waals surface area contributed by atoms with Gasteiger partial charge in [-0.3, -0.25) is 19.3 Å². The van der Waals surface area contributed by atoms with Crippen LogP contribution in [0.1, 0.15) is 25.0 Å². The number of imide groups is 1. The van der Waals surface area contributed by atoms with Crippen LogP contribution in [0.3, 0.4) is 0 Å². The van der Waals surface area contributed by atoms with Crippen LogP contribution in [-0.2, 0) is 20.9 Å². The summed E-state index contributed by atoms with van der Waals surface area (Å²) in [5, 5.41) is 0.124. The van der Waals surface area contributed by atoms with Crippen LogP contribution in [0.25, 0.3) is 6.08 Å². The second kappa shape index (κ2) is 10.3. The normalized spacial score (nSPS) is 15.1. The number of halogens is 2. The van der Waals surface area contributed by atoms with Gasteiger partial charge < -0.3 is 9.47 Å². The molecule has 1 saturated heterocycles. The fraction of sp³-hybridized carbons (Fsp3) is 0.227. The number of carbonyl (C=O) groups is 3. The van der Waals surface area contributed by atoms with Crippen molar-refractivity contribution in [2.24, 2.45) is 0 Å². The van der Waals surface area contributed by atoms with Gasteiger partial charge in [-0.2, -0.15) is 0 Å². The summed E-state index contributed by atoms with van der Waals surface area (Å²) in [4.78, 5) is 37.6. The molecule has 0 radical (unpaired) electrons. The lowest BCUT2D eigenvalue weighted by Crippen LogP contribution is -2.35. The van der Waals surface area contributed by atoms with Crippen LogP contribution in [0.4, 0.5) is 4.79 Å². The Morgan fingerprint density at radius 1 is 1.23 bits per heavy atom. The molecule has 31 heavy (non-hydrogen) atoms. The molecule has 0 aliphatic carbocycles. The number of rotatable bonds is 7. The molecule has 0 bridgehead atoms. The van der Waals surface area contributed by atoms with Crippen molar-refractivity contribution >= 4 is 62.5 Å². The minimum Gasteiger partial charge on any atom is -0.488 e. The second-order valence-corrected chi connectivity index (χ2v) is 9.13. The van der Waals surface area contributed by atoms with Gasteiger partial charge in [0, 0.05) is 10.6 Å². The summed E-state index contributed by atoms with van der Waals surface area (Å²) in [6.07, 6.45) is 1.28. The first-order valence-electron chi connectivity index (χ1n) is 9.35. The van der Waals surface area contributed by atoms with Crippen LogP contribution in [0.2, 0.25) is 5.02 Å². The smallest absolute Gasteiger partial charge is 0.326 e. The molecular weight excluding hydrogens is 506 g/mol. The Morgan fingerprint density at radius 2 is 1.97 bits per heavy atom. The molecule has 3 rings (SSSR count). The van der Waals surface area contributed by atoms with Crippen LogP contribution in [0.5, 0.6) is 5.75 Å². The van der Waals surface area contributed by atoms with Crippen LogP contribution < -0.4 is 4.74 Å². The highest BCUT2D eigenvalue weighted by Crippen LogP contribution is 2.34. The van der Waals surface area contributed by atoms with Crippen molar-refractivity contribution in [3.8, 4) is 5.75 Å². The lowest BCUT2D eigenvalue weighted by molar-refractivity contribution is -0.149. The summed E-state index contributed by atoms with van der Waals surface area (Å²) < 4.78 is 11.5. The number of amides is 2. The van der Waals surface area contributed by atoms with Gasteiger partial charge in [0.2, 0.25) is 0 Å². The predicted molar refractivity (Wildman–Crippen MR) is 124 cm³/mol. The minimum absolute atomic E-state index is 0.235. The van der Waals surface area contributed by atoms with E-state index >= 15 is 0 Å². The Labute approximate surface area is 197 Å². The topological polar surface area (TPSA) is 72.9 Å². The van der Waals surface area contributed by atoms with E-state index in [0.717, 1.165) is 22.2 Å². The molecule has 0 spiro atoms. The van der Waals surface area contributed by atoms with Crippen molar-refractivity contribution in [2.75, 3.05) is 6.54 Å². The third-order valence-corrected chi connectivity index (χ3v) is 6.02. The minimum atomic E-state index is -0.624. The molecular formula is C22H19BrClNO5S. The quantitative estimate of drug-likeness (QED) is 0.343. The number of hydrogen-bond donors (Lipinski definition) is 0. The van der Waals surface area contributed by atoms with Gasteiger partial charge in [-0.15, -0.1) is 0 Å². The standard InChI is InChI=1S/C22H19BrClNO5S/c1-13(2)30-20(26)11-25-21(27)19(31-22(25)28)10-14-7-8-18(16(23)9-14)29-12-15-5-3-4-6-17(15)24/h3-10,13H,11-12H2,1-2H3/b19-10-. The largest absolute Gasteiger partial charge is 0.488 e. The zero-order valence-electron chi connectivity index (χ0n) is 16.8. The summed E-state index contributed by atoms with van der Waals surface area (Å²) in [5.41, 5.74) is 1.57. The summed E-state index contributed by atoms with van der Waals surface area (Å²) in [6, 6.07) is 12.7. The molecule has 162 valence electrons. The maximum Gasteiger partial charge on any atom is 0.326 e. The molecule has 1 aliphatic rings. The monoisotopic (exact) mass is 523 g/mol. The van der Waals surface area contributed by atoms with E-state index in [9.17, 15) is 14.4 Å². The third kappa shape index (κ3) is 6.12. The highest BCUT2D eigenvalue weighted by atomic mass is 79.9. The highest BCUT2D eigenvalue weighted by Gasteiger charge is 2.36. The summed E-state index contributed by atoms with van der Waals surface area (Å²) in [7, 11) is 0. The zero-order chi connectivity index (χ0) is 22.5. The third-order valence-electron chi connectivity index (χ3n) is 4.12. The Kier molecular flexibility index (Phi) is 7.80. The van der Waals surface area contributed by atoms with Crippen molar-refractivity contribution < 1.29 is 23.9 Å². The fourth-order valence-electron chi connectivity index (χ4n) is 2.71. The van der Waals surface area contributed by atoms with E-state index in [2.05, 4.69) is 15.9 Å². The van der Waals surface area contributed by atoms with Gasteiger partial charge in [0.05, 0.1) is 15.5 Å². The number of ether oxygens (including phenoxy) is 2. The number of nitrogens with zero attached hydrogens (tertiary/aromatic N) is 1. The molecule has 2 amide bonds. The summed E-state index contributed by atoms with van der Waals surface area (Å²) >= 11 is 10.4. The lowest BCUT2D eigenvalue weighted by atomic mass is 10.2. The zero-order valence-corrected chi connectivity index (χ0v) is 19.9. The van der Waals surface area contributed by atoms with Crippen LogP contribution >= 0.6 is 39.3 Å². The first-order chi connectivity index (χ1) is 14.7. The Balaban J connectivity index is 1.68. The molecule has 1 fully saturated rings. The molecule has 9 heteroatoms. The lowest BCUT2D eigenvalue weighted by Gasteiger charge is -2.13. The molecule has 6 nitrogen and oxygen atoms in total. The van der Waals surface area contributed by atoms with Crippen molar-refractivity contribution in [3.63, 3.8) is 0 Å². The Morgan fingerprint density at radius 3 is 2.65 bits per heavy atom. The first-order valence-corrected chi connectivity index (χ1v) is 11.3. The van der Waals surface area contributed by atoms with Crippen molar-refractivity contribution in [1.82, 2.24) is 4.90 Å². The number of hydrogen-bond acceptors (Lipinski definition) is 6. The predicted octanol–water partition coefficient (Wildman–Crippen LogP) is 5.67. The van der Waals surface area contributed by atoms with E-state index in [4.69, 9.17) is 21.1 Å². The molecule has 2 aromatic carbocycles. The SMILES string of the molecule is CC(C)OC(=O)CN1C(=O)S/C(=C\c2ccc(OCc3ccccc3Cl)c(Br)c2)C1=O. The summed E-state index contributed by atoms with van der Waals surface area (Å²) in [5.74, 6) is -0.534.